The van der Waals surface area contributed by atoms with Crippen LogP contribution in [0.2, 0.25) is 0 Å². The Morgan fingerprint density at radius 3 is 2.77 bits per heavy atom. The molecular formula is C9H9BrFNO. The fourth-order valence-electron chi connectivity index (χ4n) is 0.997. The van der Waals surface area contributed by atoms with Crippen LogP contribution in [-0.4, -0.2) is 11.4 Å². The van der Waals surface area contributed by atoms with Gasteiger partial charge in [-0.15, -0.1) is 0 Å². The molecule has 0 aliphatic rings. The standard InChI is InChI=1S/C9H9BrFNO/c10-9(13)12-6-5-7-3-1-2-4-8(7)11/h1-4H,5-6H2,(H,12,13). The zero-order chi connectivity index (χ0) is 9.68. The summed E-state index contributed by atoms with van der Waals surface area (Å²) in [6.45, 7) is 0.436. The van der Waals surface area contributed by atoms with Crippen molar-refractivity contribution in [2.45, 2.75) is 6.42 Å². The lowest BCUT2D eigenvalue weighted by Gasteiger charge is -2.02. The van der Waals surface area contributed by atoms with Crippen LogP contribution in [0.15, 0.2) is 24.3 Å². The smallest absolute Gasteiger partial charge is 0.287 e. The van der Waals surface area contributed by atoms with E-state index in [0.29, 0.717) is 18.5 Å². The summed E-state index contributed by atoms with van der Waals surface area (Å²) in [5, 5.41) is 2.53. The SMILES string of the molecule is O=C(Br)NCCc1ccccc1F. The van der Waals surface area contributed by atoms with Gasteiger partial charge in [0, 0.05) is 22.5 Å². The Morgan fingerprint density at radius 1 is 1.46 bits per heavy atom. The molecule has 0 saturated heterocycles. The van der Waals surface area contributed by atoms with Gasteiger partial charge in [0.25, 0.3) is 4.82 Å². The van der Waals surface area contributed by atoms with E-state index in [4.69, 9.17) is 0 Å². The van der Waals surface area contributed by atoms with Gasteiger partial charge < -0.3 is 5.32 Å². The Balaban J connectivity index is 2.45. The van der Waals surface area contributed by atoms with Gasteiger partial charge in [-0.2, -0.15) is 0 Å². The van der Waals surface area contributed by atoms with Crippen LogP contribution in [0, 0.1) is 5.82 Å². The highest BCUT2D eigenvalue weighted by Crippen LogP contribution is 2.06. The number of rotatable bonds is 3. The number of halogens is 2. The number of amides is 1. The van der Waals surface area contributed by atoms with E-state index in [0.717, 1.165) is 0 Å². The fourth-order valence-corrected chi connectivity index (χ4v) is 1.19. The third-order valence-corrected chi connectivity index (χ3v) is 1.90. The second-order valence-corrected chi connectivity index (χ2v) is 3.26. The topological polar surface area (TPSA) is 29.1 Å². The van der Waals surface area contributed by atoms with E-state index in [1.807, 2.05) is 0 Å². The molecule has 1 N–H and O–H groups in total. The van der Waals surface area contributed by atoms with E-state index in [1.54, 1.807) is 18.2 Å². The van der Waals surface area contributed by atoms with Crippen molar-refractivity contribution in [3.8, 4) is 0 Å². The summed E-state index contributed by atoms with van der Waals surface area (Å²) in [6, 6.07) is 6.53. The predicted molar refractivity (Wildman–Crippen MR) is 52.4 cm³/mol. The van der Waals surface area contributed by atoms with Crippen molar-refractivity contribution >= 4 is 20.7 Å². The minimum absolute atomic E-state index is 0.230. The molecule has 0 aliphatic carbocycles. The maximum absolute atomic E-state index is 13.0. The van der Waals surface area contributed by atoms with Crippen molar-refractivity contribution in [3.63, 3.8) is 0 Å². The third kappa shape index (κ3) is 3.55. The first-order valence-corrected chi connectivity index (χ1v) is 4.66. The Labute approximate surface area is 84.3 Å². The molecule has 13 heavy (non-hydrogen) atoms. The van der Waals surface area contributed by atoms with Crippen molar-refractivity contribution < 1.29 is 9.18 Å². The Kier molecular flexibility index (Phi) is 3.89. The van der Waals surface area contributed by atoms with Gasteiger partial charge in [0.1, 0.15) is 5.82 Å². The molecule has 1 rings (SSSR count). The Morgan fingerprint density at radius 2 is 2.15 bits per heavy atom. The van der Waals surface area contributed by atoms with E-state index in [-0.39, 0.29) is 10.6 Å². The number of carbonyl (C=O) groups is 1. The summed E-state index contributed by atoms with van der Waals surface area (Å²) < 4.78 is 13.0. The second kappa shape index (κ2) is 4.97. The number of nitrogens with one attached hydrogen (secondary N) is 1. The van der Waals surface area contributed by atoms with Gasteiger partial charge in [0.2, 0.25) is 0 Å². The number of benzene rings is 1. The molecule has 0 aliphatic heterocycles. The van der Waals surface area contributed by atoms with E-state index in [9.17, 15) is 9.18 Å². The highest BCUT2D eigenvalue weighted by atomic mass is 79.9. The lowest BCUT2D eigenvalue weighted by atomic mass is 10.1. The molecule has 0 aromatic heterocycles. The summed E-state index contributed by atoms with van der Waals surface area (Å²) in [5.74, 6) is -0.230. The first-order chi connectivity index (χ1) is 6.20. The maximum atomic E-state index is 13.0. The van der Waals surface area contributed by atoms with Crippen molar-refractivity contribution in [1.29, 1.82) is 0 Å². The number of carbonyl (C=O) groups excluding carboxylic acids is 1. The summed E-state index contributed by atoms with van der Waals surface area (Å²) >= 11 is 2.72. The summed E-state index contributed by atoms with van der Waals surface area (Å²) in [4.78, 5) is 10.2. The predicted octanol–water partition coefficient (Wildman–Crippen LogP) is 2.47. The van der Waals surface area contributed by atoms with Crippen LogP contribution in [0.4, 0.5) is 9.18 Å². The molecule has 0 unspecified atom stereocenters. The number of hydrogen-bond donors (Lipinski definition) is 1. The molecular weight excluding hydrogens is 237 g/mol. The third-order valence-electron chi connectivity index (χ3n) is 1.62. The zero-order valence-electron chi connectivity index (χ0n) is 6.89. The fraction of sp³-hybridized carbons (Fsp3) is 0.222. The van der Waals surface area contributed by atoms with Gasteiger partial charge in [-0.25, -0.2) is 4.39 Å². The van der Waals surface area contributed by atoms with E-state index >= 15 is 0 Å². The lowest BCUT2D eigenvalue weighted by molar-refractivity contribution is 0.262. The molecule has 1 aromatic carbocycles. The Hall–Kier alpha value is -0.900. The molecule has 70 valence electrons. The molecule has 0 atom stereocenters. The minimum Gasteiger partial charge on any atom is -0.346 e. The van der Waals surface area contributed by atoms with Crippen LogP contribution < -0.4 is 5.32 Å². The van der Waals surface area contributed by atoms with Gasteiger partial charge >= 0.3 is 0 Å². The second-order valence-electron chi connectivity index (χ2n) is 2.54. The van der Waals surface area contributed by atoms with Crippen molar-refractivity contribution in [2.24, 2.45) is 0 Å². The average Bonchev–Trinajstić information content (AvgIpc) is 2.08. The summed E-state index contributed by atoms with van der Waals surface area (Å²) in [5.41, 5.74) is 0.615. The minimum atomic E-state index is -0.274. The molecule has 0 heterocycles. The zero-order valence-corrected chi connectivity index (χ0v) is 8.47. The highest BCUT2D eigenvalue weighted by Gasteiger charge is 2.00. The van der Waals surface area contributed by atoms with E-state index < -0.39 is 0 Å². The van der Waals surface area contributed by atoms with Crippen LogP contribution in [0.1, 0.15) is 5.56 Å². The highest BCUT2D eigenvalue weighted by molar-refractivity contribution is 9.18. The monoisotopic (exact) mass is 245 g/mol. The largest absolute Gasteiger partial charge is 0.346 e. The van der Waals surface area contributed by atoms with Gasteiger partial charge in [0.05, 0.1) is 0 Å². The van der Waals surface area contributed by atoms with Crippen molar-refractivity contribution in [1.82, 2.24) is 5.32 Å². The summed E-state index contributed by atoms with van der Waals surface area (Å²) in [6.07, 6.45) is 0.504. The lowest BCUT2D eigenvalue weighted by Crippen LogP contribution is -2.19. The molecule has 0 fully saturated rings. The molecule has 4 heteroatoms. The van der Waals surface area contributed by atoms with Crippen LogP contribution in [-0.2, 0) is 6.42 Å². The van der Waals surface area contributed by atoms with Gasteiger partial charge in [0.15, 0.2) is 0 Å². The van der Waals surface area contributed by atoms with Crippen LogP contribution in [0.5, 0.6) is 0 Å². The molecule has 0 spiro atoms. The van der Waals surface area contributed by atoms with E-state index in [2.05, 4.69) is 21.2 Å². The number of hydrogen-bond acceptors (Lipinski definition) is 1. The molecule has 0 bridgehead atoms. The first kappa shape index (κ1) is 10.2. The van der Waals surface area contributed by atoms with Gasteiger partial charge in [-0.3, -0.25) is 4.79 Å². The van der Waals surface area contributed by atoms with Crippen LogP contribution in [0.25, 0.3) is 0 Å². The normalized spacial score (nSPS) is 9.69. The molecule has 0 radical (unpaired) electrons. The Bertz CT molecular complexity index is 303. The van der Waals surface area contributed by atoms with Crippen LogP contribution in [0.3, 0.4) is 0 Å². The van der Waals surface area contributed by atoms with Crippen molar-refractivity contribution in [2.75, 3.05) is 6.54 Å². The van der Waals surface area contributed by atoms with E-state index in [1.165, 1.54) is 6.07 Å². The maximum Gasteiger partial charge on any atom is 0.287 e. The average molecular weight is 246 g/mol. The quantitative estimate of drug-likeness (QED) is 0.644. The van der Waals surface area contributed by atoms with Gasteiger partial charge in [-0.1, -0.05) is 18.2 Å². The van der Waals surface area contributed by atoms with Crippen molar-refractivity contribution in [3.05, 3.63) is 35.6 Å². The first-order valence-electron chi connectivity index (χ1n) is 3.87. The molecule has 0 saturated carbocycles. The summed E-state index contributed by atoms with van der Waals surface area (Å²) in [7, 11) is 0. The van der Waals surface area contributed by atoms with Gasteiger partial charge in [-0.05, 0) is 18.1 Å². The molecule has 1 amide bonds. The molecule has 1 aromatic rings. The molecule has 2 nitrogen and oxygen atoms in total. The van der Waals surface area contributed by atoms with Crippen LogP contribution >= 0.6 is 15.9 Å².